The van der Waals surface area contributed by atoms with Crippen LogP contribution >= 0.6 is 0 Å². The third kappa shape index (κ3) is 2.94. The van der Waals surface area contributed by atoms with Gasteiger partial charge in [0.1, 0.15) is 17.8 Å². The number of hydrogen-bond acceptors (Lipinski definition) is 5. The first-order chi connectivity index (χ1) is 12.7. The lowest BCUT2D eigenvalue weighted by molar-refractivity contribution is 0.584. The number of fused-ring (bicyclic) bond motifs is 1. The van der Waals surface area contributed by atoms with Crippen LogP contribution in [0.4, 0.5) is 4.39 Å². The molecule has 0 atom stereocenters. The van der Waals surface area contributed by atoms with Crippen LogP contribution in [0.15, 0.2) is 36.9 Å². The second kappa shape index (κ2) is 6.62. The Kier molecular flexibility index (Phi) is 4.16. The van der Waals surface area contributed by atoms with Crippen molar-refractivity contribution in [3.63, 3.8) is 0 Å². The number of halogens is 1. The highest BCUT2D eigenvalue weighted by molar-refractivity contribution is 5.51. The maximum absolute atomic E-state index is 13.5. The summed E-state index contributed by atoms with van der Waals surface area (Å²) < 4.78 is 17.1. The number of hydrogen-bond donors (Lipinski definition) is 0. The second-order valence-corrected chi connectivity index (χ2v) is 6.07. The van der Waals surface area contributed by atoms with Crippen molar-refractivity contribution in [2.24, 2.45) is 0 Å². The van der Waals surface area contributed by atoms with Gasteiger partial charge in [0.2, 0.25) is 5.95 Å². The second-order valence-electron chi connectivity index (χ2n) is 6.07. The molecule has 0 unspecified atom stereocenters. The molecule has 0 N–H and O–H groups in total. The standard InChI is InChI=1S/C18H18FN7/c1-3-5-13-15(21-11-26-17(13)22-12(2)24-26)10-25-9-8-20-18(25)14-6-4-7-16(19)23-14/h4,6-9,11H,3,5,10H2,1-2H3. The summed E-state index contributed by atoms with van der Waals surface area (Å²) >= 11 is 0. The molecule has 4 aromatic rings. The molecule has 0 radical (unpaired) electrons. The number of pyridine rings is 1. The average molecular weight is 351 g/mol. The van der Waals surface area contributed by atoms with Crippen molar-refractivity contribution in [2.75, 3.05) is 0 Å². The molecule has 0 aliphatic heterocycles. The van der Waals surface area contributed by atoms with Gasteiger partial charge in [-0.05, 0) is 25.5 Å². The Morgan fingerprint density at radius 2 is 2.04 bits per heavy atom. The zero-order chi connectivity index (χ0) is 18.1. The van der Waals surface area contributed by atoms with E-state index >= 15 is 0 Å². The largest absolute Gasteiger partial charge is 0.324 e. The summed E-state index contributed by atoms with van der Waals surface area (Å²) in [4.78, 5) is 17.4. The van der Waals surface area contributed by atoms with Crippen LogP contribution in [0.25, 0.3) is 17.2 Å². The van der Waals surface area contributed by atoms with E-state index in [1.165, 1.54) is 6.07 Å². The predicted molar refractivity (Wildman–Crippen MR) is 94.0 cm³/mol. The van der Waals surface area contributed by atoms with Gasteiger partial charge in [-0.25, -0.2) is 24.5 Å². The number of aromatic nitrogens is 7. The van der Waals surface area contributed by atoms with Crippen molar-refractivity contribution in [1.82, 2.24) is 34.1 Å². The fourth-order valence-electron chi connectivity index (χ4n) is 3.05. The third-order valence-electron chi connectivity index (χ3n) is 4.16. The number of aryl methyl sites for hydroxylation is 2. The molecule has 0 saturated carbocycles. The van der Waals surface area contributed by atoms with Gasteiger partial charge in [-0.1, -0.05) is 19.4 Å². The van der Waals surface area contributed by atoms with E-state index in [2.05, 4.69) is 32.0 Å². The van der Waals surface area contributed by atoms with Crippen molar-refractivity contribution in [3.8, 4) is 11.5 Å². The van der Waals surface area contributed by atoms with Crippen molar-refractivity contribution < 1.29 is 4.39 Å². The molecule has 0 aromatic carbocycles. The first-order valence-electron chi connectivity index (χ1n) is 8.49. The summed E-state index contributed by atoms with van der Waals surface area (Å²) in [7, 11) is 0. The molecule has 0 aliphatic carbocycles. The van der Waals surface area contributed by atoms with E-state index in [4.69, 9.17) is 0 Å². The van der Waals surface area contributed by atoms with Gasteiger partial charge in [0.05, 0.1) is 12.2 Å². The van der Waals surface area contributed by atoms with Crippen LogP contribution in [-0.2, 0) is 13.0 Å². The SMILES string of the molecule is CCCc1c(Cn2ccnc2-c2cccc(F)n2)ncn2nc(C)nc12. The minimum Gasteiger partial charge on any atom is -0.324 e. The summed E-state index contributed by atoms with van der Waals surface area (Å²) in [6.07, 6.45) is 7.04. The molecule has 4 heterocycles. The molecule has 26 heavy (non-hydrogen) atoms. The first kappa shape index (κ1) is 16.3. The van der Waals surface area contributed by atoms with Crippen LogP contribution in [0.2, 0.25) is 0 Å². The molecule has 8 heteroatoms. The van der Waals surface area contributed by atoms with E-state index in [1.807, 2.05) is 17.7 Å². The van der Waals surface area contributed by atoms with Crippen LogP contribution in [0.3, 0.4) is 0 Å². The predicted octanol–water partition coefficient (Wildman–Crippen LogP) is 2.83. The molecule has 0 fully saturated rings. The van der Waals surface area contributed by atoms with Crippen molar-refractivity contribution in [3.05, 3.63) is 59.9 Å². The summed E-state index contributed by atoms with van der Waals surface area (Å²) in [5, 5.41) is 4.34. The van der Waals surface area contributed by atoms with E-state index in [0.29, 0.717) is 23.9 Å². The van der Waals surface area contributed by atoms with Gasteiger partial charge in [0, 0.05) is 18.0 Å². The van der Waals surface area contributed by atoms with Crippen LogP contribution in [0.1, 0.15) is 30.4 Å². The van der Waals surface area contributed by atoms with Crippen molar-refractivity contribution in [2.45, 2.75) is 33.2 Å². The highest BCUT2D eigenvalue weighted by Crippen LogP contribution is 2.20. The monoisotopic (exact) mass is 351 g/mol. The number of rotatable bonds is 5. The van der Waals surface area contributed by atoms with E-state index in [9.17, 15) is 4.39 Å². The fraction of sp³-hybridized carbons (Fsp3) is 0.278. The average Bonchev–Trinajstić information content (AvgIpc) is 3.23. The Morgan fingerprint density at radius 3 is 2.85 bits per heavy atom. The van der Waals surface area contributed by atoms with Gasteiger partial charge in [0.15, 0.2) is 11.5 Å². The maximum atomic E-state index is 13.5. The van der Waals surface area contributed by atoms with Crippen LogP contribution in [0, 0.1) is 12.9 Å². The summed E-state index contributed by atoms with van der Waals surface area (Å²) in [5.41, 5.74) is 3.30. The Morgan fingerprint density at radius 1 is 1.15 bits per heavy atom. The lowest BCUT2D eigenvalue weighted by Gasteiger charge is -2.11. The van der Waals surface area contributed by atoms with E-state index in [1.54, 1.807) is 29.2 Å². The molecule has 132 valence electrons. The molecule has 0 saturated heterocycles. The van der Waals surface area contributed by atoms with Gasteiger partial charge in [-0.2, -0.15) is 9.49 Å². The smallest absolute Gasteiger partial charge is 0.213 e. The van der Waals surface area contributed by atoms with Crippen LogP contribution in [-0.4, -0.2) is 34.1 Å². The molecule has 7 nitrogen and oxygen atoms in total. The highest BCUT2D eigenvalue weighted by atomic mass is 19.1. The van der Waals surface area contributed by atoms with Gasteiger partial charge in [0.25, 0.3) is 0 Å². The maximum Gasteiger partial charge on any atom is 0.213 e. The Bertz CT molecular complexity index is 1070. The topological polar surface area (TPSA) is 73.8 Å². The van der Waals surface area contributed by atoms with Gasteiger partial charge >= 0.3 is 0 Å². The highest BCUT2D eigenvalue weighted by Gasteiger charge is 2.15. The van der Waals surface area contributed by atoms with E-state index < -0.39 is 5.95 Å². The zero-order valence-corrected chi connectivity index (χ0v) is 14.6. The molecule has 0 spiro atoms. The lowest BCUT2D eigenvalue weighted by Crippen LogP contribution is -2.09. The van der Waals surface area contributed by atoms with Gasteiger partial charge in [-0.15, -0.1) is 0 Å². The molecule has 0 aliphatic rings. The van der Waals surface area contributed by atoms with Crippen molar-refractivity contribution >= 4 is 5.65 Å². The molecule has 4 rings (SSSR count). The van der Waals surface area contributed by atoms with E-state index in [0.717, 1.165) is 29.7 Å². The van der Waals surface area contributed by atoms with Gasteiger partial charge in [-0.3, -0.25) is 0 Å². The molecular formula is C18H18FN7. The van der Waals surface area contributed by atoms with E-state index in [-0.39, 0.29) is 0 Å². The number of imidazole rings is 1. The van der Waals surface area contributed by atoms with Crippen LogP contribution in [0.5, 0.6) is 0 Å². The fourth-order valence-corrected chi connectivity index (χ4v) is 3.05. The Balaban J connectivity index is 1.77. The molecule has 0 bridgehead atoms. The summed E-state index contributed by atoms with van der Waals surface area (Å²) in [6.45, 7) is 4.49. The normalized spacial score (nSPS) is 11.3. The molecule has 0 amide bonds. The quantitative estimate of drug-likeness (QED) is 0.517. The minimum atomic E-state index is -0.526. The van der Waals surface area contributed by atoms with Crippen molar-refractivity contribution in [1.29, 1.82) is 0 Å². The molecular weight excluding hydrogens is 333 g/mol. The summed E-state index contributed by atoms with van der Waals surface area (Å²) in [6, 6.07) is 4.69. The lowest BCUT2D eigenvalue weighted by atomic mass is 10.1. The minimum absolute atomic E-state index is 0.492. The number of nitrogens with zero attached hydrogens (tertiary/aromatic N) is 7. The summed E-state index contributed by atoms with van der Waals surface area (Å²) in [5.74, 6) is 0.794. The van der Waals surface area contributed by atoms with Crippen LogP contribution < -0.4 is 0 Å². The third-order valence-corrected chi connectivity index (χ3v) is 4.16. The zero-order valence-electron chi connectivity index (χ0n) is 14.6. The Labute approximate surface area is 149 Å². The first-order valence-corrected chi connectivity index (χ1v) is 8.49. The molecule has 4 aromatic heterocycles. The van der Waals surface area contributed by atoms with Gasteiger partial charge < -0.3 is 4.57 Å². The Hall–Kier alpha value is -3.16.